The fourth-order valence-corrected chi connectivity index (χ4v) is 4.87. The molecule has 1 aromatic carbocycles. The lowest BCUT2D eigenvalue weighted by Crippen LogP contribution is -2.73. The fraction of sp³-hybridized carbons (Fsp3) is 0.565. The summed E-state index contributed by atoms with van der Waals surface area (Å²) in [6.07, 6.45) is 1.43. The van der Waals surface area contributed by atoms with Gasteiger partial charge in [0.2, 0.25) is 11.8 Å². The number of aliphatic hydroxyl groups is 1. The number of amides is 2. The zero-order valence-corrected chi connectivity index (χ0v) is 17.3. The van der Waals surface area contributed by atoms with Crippen LogP contribution in [0.15, 0.2) is 24.3 Å². The standard InChI is InChI=1S/C23H28N2O5/c1-29-10-2-3-16-4-6-17(7-5-16)22-19-13-24(14-21(27)25(19)20(22)15-26)23(28)18-8-11-30-12-9-18/h4-7,18-20,22,26H,8-15H2,1H3/t19-,20-,22+/m1/s1. The summed E-state index contributed by atoms with van der Waals surface area (Å²) in [7, 11) is 1.61. The lowest BCUT2D eigenvalue weighted by atomic mass is 9.73. The predicted octanol–water partition coefficient (Wildman–Crippen LogP) is 0.609. The van der Waals surface area contributed by atoms with E-state index in [9.17, 15) is 14.7 Å². The smallest absolute Gasteiger partial charge is 0.242 e. The summed E-state index contributed by atoms with van der Waals surface area (Å²) in [5, 5.41) is 9.93. The Balaban J connectivity index is 1.49. The Kier molecular flexibility index (Phi) is 6.38. The molecule has 160 valence electrons. The third kappa shape index (κ3) is 3.95. The lowest BCUT2D eigenvalue weighted by molar-refractivity contribution is -0.169. The molecule has 30 heavy (non-hydrogen) atoms. The van der Waals surface area contributed by atoms with Crippen molar-refractivity contribution in [3.63, 3.8) is 0 Å². The zero-order chi connectivity index (χ0) is 21.1. The Hall–Kier alpha value is -2.40. The number of benzene rings is 1. The molecule has 1 aromatic rings. The fourth-order valence-electron chi connectivity index (χ4n) is 4.87. The average Bonchev–Trinajstić information content (AvgIpc) is 2.76. The first-order chi connectivity index (χ1) is 14.6. The Morgan fingerprint density at radius 2 is 2.00 bits per heavy atom. The number of methoxy groups -OCH3 is 1. The molecular weight excluding hydrogens is 384 g/mol. The highest BCUT2D eigenvalue weighted by atomic mass is 16.5. The van der Waals surface area contributed by atoms with Gasteiger partial charge in [0.25, 0.3) is 0 Å². The maximum atomic E-state index is 13.0. The third-order valence-electron chi connectivity index (χ3n) is 6.38. The molecule has 7 heteroatoms. The van der Waals surface area contributed by atoms with Crippen molar-refractivity contribution in [1.29, 1.82) is 0 Å². The van der Waals surface area contributed by atoms with Gasteiger partial charge in [-0.3, -0.25) is 9.59 Å². The van der Waals surface area contributed by atoms with E-state index >= 15 is 0 Å². The second kappa shape index (κ2) is 9.17. The maximum Gasteiger partial charge on any atom is 0.242 e. The first-order valence-electron chi connectivity index (χ1n) is 10.5. The van der Waals surface area contributed by atoms with Crippen molar-refractivity contribution in [2.45, 2.75) is 30.8 Å². The van der Waals surface area contributed by atoms with Gasteiger partial charge in [0.05, 0.1) is 25.2 Å². The Bertz CT molecular complexity index is 837. The van der Waals surface area contributed by atoms with E-state index in [-0.39, 0.29) is 48.9 Å². The van der Waals surface area contributed by atoms with Gasteiger partial charge in [-0.15, -0.1) is 0 Å². The molecule has 3 heterocycles. The molecule has 0 radical (unpaired) electrons. The molecule has 0 spiro atoms. The van der Waals surface area contributed by atoms with Crippen molar-refractivity contribution >= 4 is 11.8 Å². The van der Waals surface area contributed by atoms with Crippen LogP contribution in [0.25, 0.3) is 0 Å². The second-order valence-electron chi connectivity index (χ2n) is 8.11. The highest BCUT2D eigenvalue weighted by Crippen LogP contribution is 2.43. The Labute approximate surface area is 176 Å². The molecule has 2 amide bonds. The van der Waals surface area contributed by atoms with Crippen molar-refractivity contribution in [3.05, 3.63) is 35.4 Å². The number of piperazine rings is 1. The molecule has 0 aromatic heterocycles. The molecule has 0 aliphatic carbocycles. The van der Waals surface area contributed by atoms with Crippen molar-refractivity contribution in [3.8, 4) is 11.8 Å². The van der Waals surface area contributed by atoms with E-state index in [0.717, 1.165) is 11.1 Å². The molecule has 0 saturated carbocycles. The SMILES string of the molecule is COCC#Cc1ccc([C@@H]2[C@@H](CO)N3C(=O)CN(C(=O)C4CCOCC4)C[C@H]23)cc1. The van der Waals surface area contributed by atoms with E-state index in [2.05, 4.69) is 11.8 Å². The van der Waals surface area contributed by atoms with Crippen LogP contribution in [0.5, 0.6) is 0 Å². The summed E-state index contributed by atoms with van der Waals surface area (Å²) in [6, 6.07) is 7.57. The van der Waals surface area contributed by atoms with Crippen LogP contribution >= 0.6 is 0 Å². The maximum absolute atomic E-state index is 13.0. The normalized spacial score (nSPS) is 26.5. The number of ether oxygens (including phenoxy) is 2. The van der Waals surface area contributed by atoms with E-state index in [1.165, 1.54) is 0 Å². The van der Waals surface area contributed by atoms with Crippen molar-refractivity contribution in [2.75, 3.05) is 46.6 Å². The number of fused-ring (bicyclic) bond motifs is 1. The summed E-state index contributed by atoms with van der Waals surface area (Å²) >= 11 is 0. The van der Waals surface area contributed by atoms with Crippen LogP contribution in [0.2, 0.25) is 0 Å². The first-order valence-corrected chi connectivity index (χ1v) is 10.5. The van der Waals surface area contributed by atoms with Gasteiger partial charge in [0.1, 0.15) is 6.61 Å². The lowest BCUT2D eigenvalue weighted by Gasteiger charge is -2.59. The van der Waals surface area contributed by atoms with Gasteiger partial charge in [-0.2, -0.15) is 0 Å². The van der Waals surface area contributed by atoms with Gasteiger partial charge in [-0.1, -0.05) is 24.0 Å². The van der Waals surface area contributed by atoms with Gasteiger partial charge in [0.15, 0.2) is 0 Å². The van der Waals surface area contributed by atoms with Crippen LogP contribution in [0, 0.1) is 17.8 Å². The van der Waals surface area contributed by atoms with E-state index in [1.807, 2.05) is 24.3 Å². The van der Waals surface area contributed by atoms with E-state index in [0.29, 0.717) is 39.2 Å². The minimum Gasteiger partial charge on any atom is -0.394 e. The molecule has 3 fully saturated rings. The van der Waals surface area contributed by atoms with Gasteiger partial charge in [-0.05, 0) is 30.5 Å². The molecule has 0 bridgehead atoms. The van der Waals surface area contributed by atoms with E-state index < -0.39 is 0 Å². The Morgan fingerprint density at radius 3 is 2.67 bits per heavy atom. The molecule has 1 N–H and O–H groups in total. The average molecular weight is 412 g/mol. The summed E-state index contributed by atoms with van der Waals surface area (Å²) in [5.41, 5.74) is 1.95. The summed E-state index contributed by atoms with van der Waals surface area (Å²) in [6.45, 7) is 2.11. The molecule has 7 nitrogen and oxygen atoms in total. The van der Waals surface area contributed by atoms with Gasteiger partial charge in [0, 0.05) is 44.3 Å². The quantitative estimate of drug-likeness (QED) is 0.733. The minimum absolute atomic E-state index is 0.00484. The molecule has 0 unspecified atom stereocenters. The van der Waals surface area contributed by atoms with Crippen LogP contribution < -0.4 is 0 Å². The molecular formula is C23H28N2O5. The van der Waals surface area contributed by atoms with E-state index in [1.54, 1.807) is 16.9 Å². The van der Waals surface area contributed by atoms with Crippen LogP contribution in [-0.2, 0) is 19.1 Å². The number of hydrogen-bond acceptors (Lipinski definition) is 5. The first kappa shape index (κ1) is 20.9. The van der Waals surface area contributed by atoms with Crippen molar-refractivity contribution < 1.29 is 24.2 Å². The zero-order valence-electron chi connectivity index (χ0n) is 17.3. The molecule has 3 saturated heterocycles. The largest absolute Gasteiger partial charge is 0.394 e. The number of nitrogens with zero attached hydrogens (tertiary/aromatic N) is 2. The summed E-state index contributed by atoms with van der Waals surface area (Å²) in [5.74, 6) is 5.89. The topological polar surface area (TPSA) is 79.3 Å². The Morgan fingerprint density at radius 1 is 1.27 bits per heavy atom. The third-order valence-corrected chi connectivity index (χ3v) is 6.38. The van der Waals surface area contributed by atoms with Crippen LogP contribution in [-0.4, -0.2) is 85.4 Å². The number of rotatable bonds is 4. The monoisotopic (exact) mass is 412 g/mol. The number of carbonyl (C=O) groups is 2. The van der Waals surface area contributed by atoms with Gasteiger partial charge in [-0.25, -0.2) is 0 Å². The molecule has 4 rings (SSSR count). The molecule has 3 aliphatic heterocycles. The molecule has 3 aliphatic rings. The number of carbonyl (C=O) groups excluding carboxylic acids is 2. The van der Waals surface area contributed by atoms with Crippen molar-refractivity contribution in [1.82, 2.24) is 9.80 Å². The number of hydrogen-bond donors (Lipinski definition) is 1. The van der Waals surface area contributed by atoms with Crippen LogP contribution in [0.4, 0.5) is 0 Å². The number of aliphatic hydroxyl groups excluding tert-OH is 1. The molecule has 3 atom stereocenters. The summed E-state index contributed by atoms with van der Waals surface area (Å²) in [4.78, 5) is 29.2. The van der Waals surface area contributed by atoms with Gasteiger partial charge >= 0.3 is 0 Å². The van der Waals surface area contributed by atoms with Gasteiger partial charge < -0.3 is 24.4 Å². The van der Waals surface area contributed by atoms with Crippen LogP contribution in [0.1, 0.15) is 29.9 Å². The van der Waals surface area contributed by atoms with E-state index in [4.69, 9.17) is 9.47 Å². The summed E-state index contributed by atoms with van der Waals surface area (Å²) < 4.78 is 10.3. The predicted molar refractivity (Wildman–Crippen MR) is 110 cm³/mol. The highest BCUT2D eigenvalue weighted by molar-refractivity contribution is 5.88. The van der Waals surface area contributed by atoms with Crippen molar-refractivity contribution in [2.24, 2.45) is 5.92 Å². The second-order valence-corrected chi connectivity index (χ2v) is 8.11. The van der Waals surface area contributed by atoms with Crippen LogP contribution in [0.3, 0.4) is 0 Å². The minimum atomic E-state index is -0.242. The highest BCUT2D eigenvalue weighted by Gasteiger charge is 2.54.